The number of methoxy groups -OCH3 is 2. The third kappa shape index (κ3) is 4.49. The summed E-state index contributed by atoms with van der Waals surface area (Å²) < 4.78 is 44.3. The Morgan fingerprint density at radius 3 is 2.16 bits per heavy atom. The average Bonchev–Trinajstić information content (AvgIpc) is 2.94. The summed E-state index contributed by atoms with van der Waals surface area (Å²) in [4.78, 5) is 1.07. The first-order valence-electron chi connectivity index (χ1n) is 12.5. The minimum atomic E-state index is -1.16. The largest absolute Gasteiger partial charge is 0.356 e. The van der Waals surface area contributed by atoms with E-state index in [9.17, 15) is 0 Å². The van der Waals surface area contributed by atoms with Crippen molar-refractivity contribution in [1.29, 1.82) is 0 Å². The lowest BCUT2D eigenvalue weighted by Gasteiger charge is -2.58. The second kappa shape index (κ2) is 9.94. The van der Waals surface area contributed by atoms with Crippen LogP contribution in [0.2, 0.25) is 0 Å². The van der Waals surface area contributed by atoms with Crippen molar-refractivity contribution in [3.63, 3.8) is 0 Å². The van der Waals surface area contributed by atoms with Crippen LogP contribution in [0.3, 0.4) is 0 Å². The zero-order valence-corrected chi connectivity index (χ0v) is 22.2. The molecule has 8 atom stereocenters. The van der Waals surface area contributed by atoms with Gasteiger partial charge < -0.3 is 33.2 Å². The van der Waals surface area contributed by atoms with Gasteiger partial charge in [-0.2, -0.15) is 0 Å². The van der Waals surface area contributed by atoms with Crippen LogP contribution >= 0.6 is 11.8 Å². The normalized spacial score (nSPS) is 37.6. The Bertz CT molecular complexity index is 1240. The van der Waals surface area contributed by atoms with E-state index in [1.807, 2.05) is 50.2 Å². The van der Waals surface area contributed by atoms with Crippen molar-refractivity contribution in [3.05, 3.63) is 78.4 Å². The smallest absolute Gasteiger partial charge is 0.220 e. The van der Waals surface area contributed by atoms with Crippen LogP contribution < -0.4 is 0 Å². The monoisotopic (exact) mass is 524 g/mol. The molecule has 3 saturated heterocycles. The molecule has 37 heavy (non-hydrogen) atoms. The van der Waals surface area contributed by atoms with Gasteiger partial charge in [0.2, 0.25) is 11.6 Å². The maximum atomic E-state index is 6.68. The molecular formula is C29H32O7S. The van der Waals surface area contributed by atoms with Crippen molar-refractivity contribution in [2.24, 2.45) is 0 Å². The molecule has 196 valence electrons. The maximum absolute atomic E-state index is 6.68. The van der Waals surface area contributed by atoms with E-state index in [1.54, 1.807) is 26.0 Å². The molecule has 0 N–H and O–H groups in total. The molecule has 3 fully saturated rings. The minimum Gasteiger partial charge on any atom is -0.356 e. The number of fused-ring (bicyclic) bond motifs is 4. The van der Waals surface area contributed by atoms with Gasteiger partial charge in [-0.3, -0.25) is 0 Å². The summed E-state index contributed by atoms with van der Waals surface area (Å²) in [5.41, 5.74) is 0.580. The molecule has 3 aliphatic heterocycles. The highest BCUT2D eigenvalue weighted by Crippen LogP contribution is 2.48. The van der Waals surface area contributed by atoms with Gasteiger partial charge in [0.1, 0.15) is 29.9 Å². The molecule has 7 nitrogen and oxygen atoms in total. The number of thioether (sulfide) groups is 1. The molecule has 0 aliphatic carbocycles. The van der Waals surface area contributed by atoms with E-state index in [0.29, 0.717) is 6.61 Å². The van der Waals surface area contributed by atoms with Gasteiger partial charge in [0, 0.05) is 24.7 Å². The first-order chi connectivity index (χ1) is 17.9. The zero-order valence-electron chi connectivity index (χ0n) is 21.4. The number of rotatable bonds is 5. The van der Waals surface area contributed by atoms with Crippen LogP contribution in [-0.4, -0.2) is 62.3 Å². The second-order valence-corrected chi connectivity index (χ2v) is 11.0. The van der Waals surface area contributed by atoms with Gasteiger partial charge in [-0.1, -0.05) is 66.4 Å². The first-order valence-corrected chi connectivity index (χ1v) is 13.4. The highest BCUT2D eigenvalue weighted by molar-refractivity contribution is 7.99. The summed E-state index contributed by atoms with van der Waals surface area (Å²) in [7, 11) is 3.18. The van der Waals surface area contributed by atoms with Crippen LogP contribution in [0.1, 0.15) is 25.7 Å². The number of hydrogen-bond donors (Lipinski definition) is 0. The average molecular weight is 525 g/mol. The molecule has 0 unspecified atom stereocenters. The predicted molar refractivity (Wildman–Crippen MR) is 139 cm³/mol. The van der Waals surface area contributed by atoms with E-state index >= 15 is 0 Å². The van der Waals surface area contributed by atoms with Crippen molar-refractivity contribution < 1.29 is 33.2 Å². The molecule has 0 radical (unpaired) electrons. The van der Waals surface area contributed by atoms with Crippen LogP contribution in [-0.2, 0) is 33.2 Å². The Hall–Kier alpha value is -2.01. The molecular weight excluding hydrogens is 492 g/mol. The summed E-state index contributed by atoms with van der Waals surface area (Å²) in [5.74, 6) is -2.32. The fourth-order valence-electron chi connectivity index (χ4n) is 5.26. The van der Waals surface area contributed by atoms with Gasteiger partial charge >= 0.3 is 0 Å². The molecule has 0 bridgehead atoms. The molecule has 0 amide bonds. The summed E-state index contributed by atoms with van der Waals surface area (Å²) >= 11 is 1.59. The van der Waals surface area contributed by atoms with Crippen molar-refractivity contribution >= 4 is 22.5 Å². The number of benzene rings is 3. The number of ether oxygens (including phenoxy) is 7. The Morgan fingerprint density at radius 1 is 0.757 bits per heavy atom. The van der Waals surface area contributed by atoms with Crippen LogP contribution in [0.15, 0.2) is 77.7 Å². The maximum Gasteiger partial charge on any atom is 0.220 e. The molecule has 3 aromatic rings. The molecule has 3 aliphatic rings. The van der Waals surface area contributed by atoms with Gasteiger partial charge in [-0.05, 0) is 42.8 Å². The predicted octanol–water partition coefficient (Wildman–Crippen LogP) is 5.28. The molecule has 0 saturated carbocycles. The summed E-state index contributed by atoms with van der Waals surface area (Å²) in [5, 5.41) is 2.30. The molecule has 0 spiro atoms. The Morgan fingerprint density at radius 2 is 1.43 bits per heavy atom. The van der Waals surface area contributed by atoms with Crippen LogP contribution in [0.5, 0.6) is 0 Å². The standard InChI is InChI=1S/C29H32O7S/c1-28(30-3)29(2,31-4)36-25-24(35-28)23-22(33-27(25)37-21-12-6-5-7-13-21)17-32-26(34-23)20-15-14-18-10-8-9-11-19(18)16-20/h5-16,22-27H,17H2,1-4H3/t22-,23-,24+,25-,26-,27+,28-,29-/m1/s1. The molecule has 8 heteroatoms. The molecule has 3 heterocycles. The minimum absolute atomic E-state index is 0.337. The fourth-order valence-corrected chi connectivity index (χ4v) is 6.38. The third-order valence-corrected chi connectivity index (χ3v) is 8.81. The topological polar surface area (TPSA) is 64.6 Å². The lowest BCUT2D eigenvalue weighted by atomic mass is 9.94. The molecule has 0 aromatic heterocycles. The summed E-state index contributed by atoms with van der Waals surface area (Å²) in [6.45, 7) is 4.02. The Balaban J connectivity index is 1.32. The van der Waals surface area contributed by atoms with E-state index in [2.05, 4.69) is 36.4 Å². The Labute approximate surface area is 221 Å². The number of hydrogen-bond acceptors (Lipinski definition) is 8. The highest BCUT2D eigenvalue weighted by Gasteiger charge is 2.63. The van der Waals surface area contributed by atoms with E-state index in [4.69, 9.17) is 33.2 Å². The van der Waals surface area contributed by atoms with Crippen molar-refractivity contribution in [2.75, 3.05) is 20.8 Å². The zero-order chi connectivity index (χ0) is 25.6. The fraction of sp³-hybridized carbons (Fsp3) is 0.448. The Kier molecular flexibility index (Phi) is 6.79. The summed E-state index contributed by atoms with van der Waals surface area (Å²) in [6, 6.07) is 24.6. The van der Waals surface area contributed by atoms with Crippen LogP contribution in [0.4, 0.5) is 0 Å². The SMILES string of the molecule is CO[C@]1(C)O[C@@H]2[C@@H](O[C@@]1(C)OC)[C@H](Sc1ccccc1)O[C@@H]1CO[C@@H](c3ccc4ccccc4c3)O[C@@H]21. The van der Waals surface area contributed by atoms with E-state index in [1.165, 1.54) is 5.39 Å². The van der Waals surface area contributed by atoms with Gasteiger partial charge in [0.25, 0.3) is 0 Å². The van der Waals surface area contributed by atoms with Gasteiger partial charge in [-0.25, -0.2) is 0 Å². The third-order valence-electron chi connectivity index (χ3n) is 7.65. The van der Waals surface area contributed by atoms with E-state index in [-0.39, 0.29) is 11.5 Å². The van der Waals surface area contributed by atoms with Crippen molar-refractivity contribution in [1.82, 2.24) is 0 Å². The lowest BCUT2D eigenvalue weighted by Crippen LogP contribution is -2.73. The van der Waals surface area contributed by atoms with Crippen molar-refractivity contribution in [3.8, 4) is 0 Å². The highest BCUT2D eigenvalue weighted by atomic mass is 32.2. The van der Waals surface area contributed by atoms with Gasteiger partial charge in [0.05, 0.1) is 6.61 Å². The van der Waals surface area contributed by atoms with Crippen LogP contribution in [0.25, 0.3) is 10.8 Å². The first kappa shape index (κ1) is 25.3. The summed E-state index contributed by atoms with van der Waals surface area (Å²) in [6.07, 6.45) is -2.27. The molecule has 6 rings (SSSR count). The molecule has 3 aromatic carbocycles. The van der Waals surface area contributed by atoms with Crippen molar-refractivity contribution in [2.45, 2.75) is 66.5 Å². The van der Waals surface area contributed by atoms with E-state index < -0.39 is 36.2 Å². The lowest BCUT2D eigenvalue weighted by molar-refractivity contribution is -0.476. The van der Waals surface area contributed by atoms with Crippen LogP contribution in [0, 0.1) is 0 Å². The second-order valence-electron chi connectivity index (χ2n) is 9.81. The quantitative estimate of drug-likeness (QED) is 0.447. The van der Waals surface area contributed by atoms with Gasteiger partial charge in [-0.15, -0.1) is 0 Å². The van der Waals surface area contributed by atoms with E-state index in [0.717, 1.165) is 15.8 Å². The van der Waals surface area contributed by atoms with Gasteiger partial charge in [0.15, 0.2) is 6.29 Å².